The maximum absolute atomic E-state index is 11.8. The van der Waals surface area contributed by atoms with Crippen LogP contribution in [0.3, 0.4) is 0 Å². The second-order valence-electron chi connectivity index (χ2n) is 6.91. The molecule has 0 heterocycles. The molecule has 1 N–H and O–H groups in total. The molecule has 0 aromatic heterocycles. The zero-order valence-electron chi connectivity index (χ0n) is 11.1. The van der Waals surface area contributed by atoms with Crippen molar-refractivity contribution in [3.8, 4) is 0 Å². The molecule has 92 valence electrons. The normalized spacial score (nSPS) is 37.0. The van der Waals surface area contributed by atoms with E-state index in [9.17, 15) is 4.79 Å². The number of hydrogen-bond acceptors (Lipinski definition) is 1. The molecule has 1 amide bonds. The van der Waals surface area contributed by atoms with E-state index in [4.69, 9.17) is 0 Å². The van der Waals surface area contributed by atoms with Crippen molar-refractivity contribution in [1.29, 1.82) is 0 Å². The van der Waals surface area contributed by atoms with E-state index < -0.39 is 0 Å². The van der Waals surface area contributed by atoms with Gasteiger partial charge in [-0.25, -0.2) is 0 Å². The third kappa shape index (κ3) is 2.11. The van der Waals surface area contributed by atoms with Crippen LogP contribution in [0, 0.1) is 16.7 Å². The molecule has 2 aliphatic rings. The zero-order valence-corrected chi connectivity index (χ0v) is 11.1. The van der Waals surface area contributed by atoms with Gasteiger partial charge in [-0.2, -0.15) is 0 Å². The van der Waals surface area contributed by atoms with Gasteiger partial charge in [-0.3, -0.25) is 4.79 Å². The minimum Gasteiger partial charge on any atom is -0.352 e. The Hall–Kier alpha value is -0.530. The Morgan fingerprint density at radius 1 is 1.31 bits per heavy atom. The number of nitrogens with one attached hydrogen (secondary N) is 1. The molecule has 0 aromatic rings. The van der Waals surface area contributed by atoms with Crippen LogP contribution in [0.4, 0.5) is 0 Å². The van der Waals surface area contributed by atoms with Crippen LogP contribution in [-0.4, -0.2) is 11.9 Å². The van der Waals surface area contributed by atoms with Crippen molar-refractivity contribution in [2.45, 2.75) is 65.8 Å². The fraction of sp³-hybridized carbons (Fsp3) is 0.929. The lowest BCUT2D eigenvalue weighted by Gasteiger charge is -2.37. The van der Waals surface area contributed by atoms with Crippen molar-refractivity contribution >= 4 is 5.91 Å². The first-order chi connectivity index (χ1) is 7.37. The quantitative estimate of drug-likeness (QED) is 0.782. The highest BCUT2D eigenvalue weighted by atomic mass is 16.2. The summed E-state index contributed by atoms with van der Waals surface area (Å²) in [6.45, 7) is 8.21. The molecule has 16 heavy (non-hydrogen) atoms. The second kappa shape index (κ2) is 3.75. The first kappa shape index (κ1) is 11.9. The minimum absolute atomic E-state index is 0.216. The van der Waals surface area contributed by atoms with E-state index in [2.05, 4.69) is 12.2 Å². The highest BCUT2D eigenvalue weighted by molar-refractivity contribution is 5.82. The first-order valence-corrected chi connectivity index (χ1v) is 6.68. The molecule has 2 saturated carbocycles. The summed E-state index contributed by atoms with van der Waals surface area (Å²) in [4.78, 5) is 11.8. The smallest absolute Gasteiger partial charge is 0.225 e. The minimum atomic E-state index is -0.240. The lowest BCUT2D eigenvalue weighted by atomic mass is 9.69. The van der Waals surface area contributed by atoms with Crippen molar-refractivity contribution in [2.75, 3.05) is 0 Å². The van der Waals surface area contributed by atoms with Crippen LogP contribution in [0.5, 0.6) is 0 Å². The highest BCUT2D eigenvalue weighted by Crippen LogP contribution is 2.64. The molecule has 0 bridgehead atoms. The molecule has 1 unspecified atom stereocenters. The highest BCUT2D eigenvalue weighted by Gasteiger charge is 2.61. The number of rotatable bonds is 3. The summed E-state index contributed by atoms with van der Waals surface area (Å²) in [5.41, 5.74) is 0.289. The average Bonchev–Trinajstić information content (AvgIpc) is 2.77. The number of carbonyl (C=O) groups excluding carboxylic acids is 1. The summed E-state index contributed by atoms with van der Waals surface area (Å²) in [6.07, 6.45) is 6.63. The van der Waals surface area contributed by atoms with E-state index in [0.29, 0.717) is 11.5 Å². The Morgan fingerprint density at radius 2 is 1.94 bits per heavy atom. The molecule has 2 nitrogen and oxygen atoms in total. The number of hydrogen-bond donors (Lipinski definition) is 1. The van der Waals surface area contributed by atoms with E-state index in [-0.39, 0.29) is 11.3 Å². The predicted molar refractivity (Wildman–Crippen MR) is 66.1 cm³/mol. The van der Waals surface area contributed by atoms with E-state index in [1.54, 1.807) is 0 Å². The van der Waals surface area contributed by atoms with Crippen LogP contribution in [0.25, 0.3) is 0 Å². The second-order valence-corrected chi connectivity index (χ2v) is 6.91. The summed E-state index contributed by atoms with van der Waals surface area (Å²) in [7, 11) is 0. The maximum atomic E-state index is 11.8. The van der Waals surface area contributed by atoms with Gasteiger partial charge in [0.2, 0.25) is 5.91 Å². The van der Waals surface area contributed by atoms with Gasteiger partial charge in [0.05, 0.1) is 0 Å². The molecule has 0 aliphatic heterocycles. The van der Waals surface area contributed by atoms with Gasteiger partial charge in [0.15, 0.2) is 0 Å². The molecule has 1 spiro atoms. The van der Waals surface area contributed by atoms with Gasteiger partial charge in [-0.1, -0.05) is 40.5 Å². The largest absolute Gasteiger partial charge is 0.352 e. The number of amides is 1. The van der Waals surface area contributed by atoms with Crippen molar-refractivity contribution in [3.05, 3.63) is 0 Å². The van der Waals surface area contributed by atoms with Crippen LogP contribution in [0.1, 0.15) is 59.8 Å². The van der Waals surface area contributed by atoms with Gasteiger partial charge in [-0.05, 0) is 30.6 Å². The van der Waals surface area contributed by atoms with Gasteiger partial charge in [0.1, 0.15) is 0 Å². The van der Waals surface area contributed by atoms with E-state index in [0.717, 1.165) is 5.92 Å². The summed E-state index contributed by atoms with van der Waals surface area (Å²) in [6, 6.07) is 0.493. The molecule has 2 aliphatic carbocycles. The van der Waals surface area contributed by atoms with Crippen LogP contribution in [0.15, 0.2) is 0 Å². The SMILES string of the molecule is CCCC1CC2(C1)CC2NC(=O)C(C)(C)C. The molecule has 1 atom stereocenters. The van der Waals surface area contributed by atoms with E-state index >= 15 is 0 Å². The zero-order chi connectivity index (χ0) is 12.0. The van der Waals surface area contributed by atoms with Gasteiger partial charge >= 0.3 is 0 Å². The van der Waals surface area contributed by atoms with Crippen LogP contribution in [-0.2, 0) is 4.79 Å². The van der Waals surface area contributed by atoms with Crippen molar-refractivity contribution in [2.24, 2.45) is 16.7 Å². The van der Waals surface area contributed by atoms with Crippen LogP contribution < -0.4 is 5.32 Å². The van der Waals surface area contributed by atoms with Crippen LogP contribution >= 0.6 is 0 Å². The predicted octanol–water partition coefficient (Wildman–Crippen LogP) is 3.12. The number of carbonyl (C=O) groups is 1. The summed E-state index contributed by atoms with van der Waals surface area (Å²) in [5, 5.41) is 3.21. The summed E-state index contributed by atoms with van der Waals surface area (Å²) < 4.78 is 0. The van der Waals surface area contributed by atoms with E-state index in [1.165, 1.54) is 32.1 Å². The maximum Gasteiger partial charge on any atom is 0.225 e. The fourth-order valence-corrected chi connectivity index (χ4v) is 3.08. The molecule has 2 fully saturated rings. The lowest BCUT2D eigenvalue weighted by Crippen LogP contribution is -2.41. The van der Waals surface area contributed by atoms with Gasteiger partial charge in [0.25, 0.3) is 0 Å². The molecule has 0 aromatic carbocycles. The van der Waals surface area contributed by atoms with Crippen molar-refractivity contribution < 1.29 is 4.79 Å². The van der Waals surface area contributed by atoms with Crippen molar-refractivity contribution in [3.63, 3.8) is 0 Å². The Kier molecular flexibility index (Phi) is 2.80. The molecular weight excluding hydrogens is 198 g/mol. The summed E-state index contributed by atoms with van der Waals surface area (Å²) >= 11 is 0. The molecule has 0 radical (unpaired) electrons. The van der Waals surface area contributed by atoms with Gasteiger partial charge in [0, 0.05) is 11.5 Å². The molecule has 0 saturated heterocycles. The Labute approximate surface area is 99.2 Å². The third-order valence-electron chi connectivity index (χ3n) is 4.26. The van der Waals surface area contributed by atoms with Crippen LogP contribution in [0.2, 0.25) is 0 Å². The topological polar surface area (TPSA) is 29.1 Å². The summed E-state index contributed by atoms with van der Waals surface area (Å²) in [5.74, 6) is 1.16. The Morgan fingerprint density at radius 3 is 2.44 bits per heavy atom. The van der Waals surface area contributed by atoms with E-state index in [1.807, 2.05) is 20.8 Å². The van der Waals surface area contributed by atoms with Crippen molar-refractivity contribution in [1.82, 2.24) is 5.32 Å². The fourth-order valence-electron chi connectivity index (χ4n) is 3.08. The van der Waals surface area contributed by atoms with Gasteiger partial charge < -0.3 is 5.32 Å². The average molecular weight is 223 g/mol. The first-order valence-electron chi connectivity index (χ1n) is 6.68. The Balaban J connectivity index is 1.75. The molecular formula is C14H25NO. The Bertz CT molecular complexity index is 284. The third-order valence-corrected chi connectivity index (χ3v) is 4.26. The monoisotopic (exact) mass is 223 g/mol. The van der Waals surface area contributed by atoms with Gasteiger partial charge in [-0.15, -0.1) is 0 Å². The molecule has 2 heteroatoms. The lowest BCUT2D eigenvalue weighted by molar-refractivity contribution is -0.129. The standard InChI is InChI=1S/C14H25NO/c1-5-6-10-7-14(8-10)9-11(14)15-12(16)13(2,3)4/h10-11H,5-9H2,1-4H3,(H,15,16). The molecule has 2 rings (SSSR count).